The van der Waals surface area contributed by atoms with Crippen molar-refractivity contribution < 1.29 is 5.11 Å². The molecule has 0 aliphatic heterocycles. The standard InChI is InChI=1S/C18H24N4OS/c1-13-6-8-18(23,9-7-13)12-24-17-21-20-16(22(17)15-4-5-15)14-3-2-10-19-11-14/h2-3,10-11,13,15,23H,4-9,12H2,1H3. The number of nitrogens with zero attached hydrogens (tertiary/aromatic N) is 4. The molecule has 2 saturated carbocycles. The molecule has 2 fully saturated rings. The van der Waals surface area contributed by atoms with Gasteiger partial charge in [0.05, 0.1) is 5.60 Å². The first kappa shape index (κ1) is 16.1. The van der Waals surface area contributed by atoms with E-state index in [4.69, 9.17) is 0 Å². The summed E-state index contributed by atoms with van der Waals surface area (Å²) >= 11 is 1.66. The zero-order chi connectivity index (χ0) is 16.6. The summed E-state index contributed by atoms with van der Waals surface area (Å²) in [5.41, 5.74) is 0.459. The van der Waals surface area contributed by atoms with Crippen LogP contribution in [0.2, 0.25) is 0 Å². The Morgan fingerprint density at radius 2 is 2.04 bits per heavy atom. The van der Waals surface area contributed by atoms with Gasteiger partial charge in [0.15, 0.2) is 11.0 Å². The minimum absolute atomic E-state index is 0.499. The second-order valence-corrected chi connectivity index (χ2v) is 8.29. The summed E-state index contributed by atoms with van der Waals surface area (Å²) < 4.78 is 2.25. The zero-order valence-corrected chi connectivity index (χ0v) is 14.9. The predicted molar refractivity (Wildman–Crippen MR) is 94.8 cm³/mol. The van der Waals surface area contributed by atoms with Crippen LogP contribution < -0.4 is 0 Å². The molecule has 0 saturated heterocycles. The van der Waals surface area contributed by atoms with E-state index in [0.29, 0.717) is 11.8 Å². The first-order valence-corrected chi connectivity index (χ1v) is 9.84. The lowest BCUT2D eigenvalue weighted by Crippen LogP contribution is -2.36. The third-order valence-electron chi connectivity index (χ3n) is 5.17. The average molecular weight is 344 g/mol. The third-order valence-corrected chi connectivity index (χ3v) is 6.39. The SMILES string of the molecule is CC1CCC(O)(CSc2nnc(-c3cccnc3)n2C2CC2)CC1. The Morgan fingerprint density at radius 3 is 2.71 bits per heavy atom. The molecule has 2 aliphatic carbocycles. The second kappa shape index (κ2) is 6.48. The molecule has 2 aromatic rings. The molecule has 0 aromatic carbocycles. The van der Waals surface area contributed by atoms with Crippen LogP contribution in [0, 0.1) is 5.92 Å². The number of hydrogen-bond donors (Lipinski definition) is 1. The van der Waals surface area contributed by atoms with Crippen LogP contribution in [-0.2, 0) is 0 Å². The number of aliphatic hydroxyl groups is 1. The number of aromatic nitrogens is 4. The van der Waals surface area contributed by atoms with E-state index in [-0.39, 0.29) is 0 Å². The fourth-order valence-electron chi connectivity index (χ4n) is 3.37. The van der Waals surface area contributed by atoms with Crippen LogP contribution in [0.1, 0.15) is 51.5 Å². The van der Waals surface area contributed by atoms with Gasteiger partial charge in [-0.3, -0.25) is 9.55 Å². The Hall–Kier alpha value is -1.40. The topological polar surface area (TPSA) is 63.8 Å². The Labute approximate surface area is 146 Å². The van der Waals surface area contributed by atoms with Gasteiger partial charge in [0, 0.05) is 29.8 Å². The molecular formula is C18H24N4OS. The number of rotatable bonds is 5. The summed E-state index contributed by atoms with van der Waals surface area (Å²) in [6.07, 6.45) is 10.0. The van der Waals surface area contributed by atoms with Crippen molar-refractivity contribution in [2.24, 2.45) is 5.92 Å². The minimum Gasteiger partial charge on any atom is -0.389 e. The summed E-state index contributed by atoms with van der Waals surface area (Å²) in [5, 5.41) is 20.6. The van der Waals surface area contributed by atoms with Crippen LogP contribution in [0.5, 0.6) is 0 Å². The van der Waals surface area contributed by atoms with Crippen molar-refractivity contribution in [1.29, 1.82) is 0 Å². The summed E-state index contributed by atoms with van der Waals surface area (Å²) in [4.78, 5) is 4.20. The van der Waals surface area contributed by atoms with Crippen LogP contribution in [0.3, 0.4) is 0 Å². The van der Waals surface area contributed by atoms with Gasteiger partial charge in [-0.25, -0.2) is 0 Å². The van der Waals surface area contributed by atoms with Gasteiger partial charge in [-0.2, -0.15) is 0 Å². The molecule has 4 rings (SSSR count). The molecule has 0 bridgehead atoms. The lowest BCUT2D eigenvalue weighted by Gasteiger charge is -2.34. The molecule has 24 heavy (non-hydrogen) atoms. The number of hydrogen-bond acceptors (Lipinski definition) is 5. The highest BCUT2D eigenvalue weighted by Crippen LogP contribution is 2.42. The predicted octanol–water partition coefficient (Wildman–Crippen LogP) is 3.71. The normalized spacial score (nSPS) is 27.3. The van der Waals surface area contributed by atoms with Crippen LogP contribution >= 0.6 is 11.8 Å². The van der Waals surface area contributed by atoms with Gasteiger partial charge in [-0.1, -0.05) is 18.7 Å². The summed E-state index contributed by atoms with van der Waals surface area (Å²) in [6.45, 7) is 2.27. The van der Waals surface area contributed by atoms with E-state index in [1.807, 2.05) is 18.3 Å². The fraction of sp³-hybridized carbons (Fsp3) is 0.611. The van der Waals surface area contributed by atoms with Crippen molar-refractivity contribution in [2.75, 3.05) is 5.75 Å². The third kappa shape index (κ3) is 3.35. The van der Waals surface area contributed by atoms with Gasteiger partial charge >= 0.3 is 0 Å². The van der Waals surface area contributed by atoms with E-state index < -0.39 is 5.60 Å². The highest BCUT2D eigenvalue weighted by Gasteiger charge is 2.34. The molecule has 128 valence electrons. The lowest BCUT2D eigenvalue weighted by atomic mass is 9.81. The number of pyridine rings is 1. The van der Waals surface area contributed by atoms with Gasteiger partial charge in [0.25, 0.3) is 0 Å². The van der Waals surface area contributed by atoms with Crippen molar-refractivity contribution in [3.63, 3.8) is 0 Å². The Balaban J connectivity index is 1.53. The van der Waals surface area contributed by atoms with Crippen LogP contribution in [0.15, 0.2) is 29.7 Å². The molecule has 1 N–H and O–H groups in total. The van der Waals surface area contributed by atoms with Crippen molar-refractivity contribution in [3.8, 4) is 11.4 Å². The Morgan fingerprint density at radius 1 is 1.25 bits per heavy atom. The van der Waals surface area contributed by atoms with E-state index in [0.717, 1.165) is 48.1 Å². The Bertz CT molecular complexity index is 690. The molecule has 0 unspecified atom stereocenters. The van der Waals surface area contributed by atoms with Crippen molar-refractivity contribution in [1.82, 2.24) is 19.7 Å². The number of thioether (sulfide) groups is 1. The van der Waals surface area contributed by atoms with E-state index in [1.54, 1.807) is 18.0 Å². The van der Waals surface area contributed by atoms with Gasteiger partial charge in [0.1, 0.15) is 0 Å². The highest BCUT2D eigenvalue weighted by atomic mass is 32.2. The molecule has 2 heterocycles. The smallest absolute Gasteiger partial charge is 0.191 e. The lowest BCUT2D eigenvalue weighted by molar-refractivity contribution is 0.0149. The Kier molecular flexibility index (Phi) is 4.35. The largest absolute Gasteiger partial charge is 0.389 e. The molecular weight excluding hydrogens is 320 g/mol. The van der Waals surface area contributed by atoms with Crippen LogP contribution in [-0.4, -0.2) is 36.2 Å². The first-order chi connectivity index (χ1) is 11.6. The summed E-state index contributed by atoms with van der Waals surface area (Å²) in [7, 11) is 0. The molecule has 0 radical (unpaired) electrons. The maximum absolute atomic E-state index is 10.8. The van der Waals surface area contributed by atoms with Crippen LogP contribution in [0.4, 0.5) is 0 Å². The van der Waals surface area contributed by atoms with Gasteiger partial charge in [-0.05, 0) is 56.6 Å². The van der Waals surface area contributed by atoms with Crippen LogP contribution in [0.25, 0.3) is 11.4 Å². The van der Waals surface area contributed by atoms with Gasteiger partial charge in [0.2, 0.25) is 0 Å². The van der Waals surface area contributed by atoms with Gasteiger partial charge in [-0.15, -0.1) is 10.2 Å². The molecule has 5 nitrogen and oxygen atoms in total. The molecule has 2 aromatic heterocycles. The molecule has 6 heteroatoms. The highest BCUT2D eigenvalue weighted by molar-refractivity contribution is 7.99. The molecule has 0 spiro atoms. The second-order valence-electron chi connectivity index (χ2n) is 7.34. The van der Waals surface area contributed by atoms with E-state index in [9.17, 15) is 5.11 Å². The maximum atomic E-state index is 10.8. The fourth-order valence-corrected chi connectivity index (χ4v) is 4.53. The molecule has 0 atom stereocenters. The minimum atomic E-state index is -0.550. The van der Waals surface area contributed by atoms with Crippen molar-refractivity contribution in [3.05, 3.63) is 24.5 Å². The molecule has 2 aliphatic rings. The van der Waals surface area contributed by atoms with Crippen molar-refractivity contribution in [2.45, 2.75) is 62.2 Å². The quantitative estimate of drug-likeness (QED) is 0.838. The van der Waals surface area contributed by atoms with E-state index in [1.165, 1.54) is 12.8 Å². The zero-order valence-electron chi connectivity index (χ0n) is 14.1. The van der Waals surface area contributed by atoms with Gasteiger partial charge < -0.3 is 5.11 Å². The summed E-state index contributed by atoms with van der Waals surface area (Å²) in [5.74, 6) is 2.34. The summed E-state index contributed by atoms with van der Waals surface area (Å²) in [6, 6.07) is 4.46. The molecule has 0 amide bonds. The van der Waals surface area contributed by atoms with Crippen molar-refractivity contribution >= 4 is 11.8 Å². The first-order valence-electron chi connectivity index (χ1n) is 8.85. The van der Waals surface area contributed by atoms with E-state index >= 15 is 0 Å². The monoisotopic (exact) mass is 344 g/mol. The average Bonchev–Trinajstić information content (AvgIpc) is 3.36. The van der Waals surface area contributed by atoms with E-state index in [2.05, 4.69) is 26.7 Å². The maximum Gasteiger partial charge on any atom is 0.191 e.